The molecule has 1 aromatic carbocycles. The van der Waals surface area contributed by atoms with Crippen molar-refractivity contribution in [2.24, 2.45) is 0 Å². The smallest absolute Gasteiger partial charge is 0.306 e. The Kier molecular flexibility index (Phi) is 6.17. The van der Waals surface area contributed by atoms with Crippen LogP contribution in [-0.4, -0.2) is 18.5 Å². The van der Waals surface area contributed by atoms with Crippen molar-refractivity contribution in [3.05, 3.63) is 29.8 Å². The number of rotatable bonds is 6. The highest BCUT2D eigenvalue weighted by atomic mass is 16.5. The fraction of sp³-hybridized carbons (Fsp3) is 0.333. The van der Waals surface area contributed by atoms with Crippen molar-refractivity contribution in [3.63, 3.8) is 0 Å². The Morgan fingerprint density at radius 1 is 1.37 bits per heavy atom. The number of nitrogens with one attached hydrogen (secondary N) is 1. The summed E-state index contributed by atoms with van der Waals surface area (Å²) in [6.45, 7) is 1.94. The van der Waals surface area contributed by atoms with Crippen LogP contribution in [0.15, 0.2) is 24.3 Å². The lowest BCUT2D eigenvalue weighted by molar-refractivity contribution is -0.142. The normalized spacial score (nSPS) is 9.47. The van der Waals surface area contributed by atoms with E-state index in [1.54, 1.807) is 0 Å². The predicted octanol–water partition coefficient (Wildman–Crippen LogP) is 2.28. The van der Waals surface area contributed by atoms with Crippen LogP contribution in [0.4, 0.5) is 5.69 Å². The first kappa shape index (κ1) is 14.8. The maximum Gasteiger partial charge on any atom is 0.306 e. The van der Waals surface area contributed by atoms with Gasteiger partial charge < -0.3 is 10.1 Å². The van der Waals surface area contributed by atoms with Gasteiger partial charge in [-0.15, -0.1) is 6.42 Å². The molecule has 1 aromatic rings. The maximum atomic E-state index is 11.6. The number of terminal acetylenes is 1. The van der Waals surface area contributed by atoms with E-state index in [0.29, 0.717) is 6.42 Å². The Balaban J connectivity index is 2.25. The summed E-state index contributed by atoms with van der Waals surface area (Å²) in [5, 5.41) is 2.78. The number of hydrogen-bond donors (Lipinski definition) is 1. The van der Waals surface area contributed by atoms with Crippen LogP contribution in [0.2, 0.25) is 0 Å². The van der Waals surface area contributed by atoms with Gasteiger partial charge in [-0.1, -0.05) is 18.1 Å². The highest BCUT2D eigenvalue weighted by molar-refractivity contribution is 5.90. The zero-order chi connectivity index (χ0) is 14.1. The fourth-order valence-electron chi connectivity index (χ4n) is 1.53. The molecule has 0 radical (unpaired) electrons. The van der Waals surface area contributed by atoms with E-state index in [-0.39, 0.29) is 31.3 Å². The van der Waals surface area contributed by atoms with Crippen molar-refractivity contribution >= 4 is 17.6 Å². The monoisotopic (exact) mass is 259 g/mol. The minimum atomic E-state index is -0.374. The summed E-state index contributed by atoms with van der Waals surface area (Å²) in [6, 6.07) is 7.55. The van der Waals surface area contributed by atoms with E-state index in [1.807, 2.05) is 31.2 Å². The Morgan fingerprint density at radius 2 is 2.16 bits per heavy atom. The number of carbonyl (C=O) groups excluding carboxylic acids is 2. The first-order valence-electron chi connectivity index (χ1n) is 6.07. The van der Waals surface area contributed by atoms with Gasteiger partial charge in [0, 0.05) is 18.5 Å². The third-order valence-electron chi connectivity index (χ3n) is 2.40. The summed E-state index contributed by atoms with van der Waals surface area (Å²) < 4.78 is 4.70. The molecule has 1 amide bonds. The van der Waals surface area contributed by atoms with Crippen molar-refractivity contribution in [1.82, 2.24) is 0 Å². The molecule has 19 heavy (non-hydrogen) atoms. The number of esters is 1. The van der Waals surface area contributed by atoms with Gasteiger partial charge in [-0.25, -0.2) is 0 Å². The predicted molar refractivity (Wildman–Crippen MR) is 73.5 cm³/mol. The number of anilines is 1. The molecule has 1 N–H and O–H groups in total. The minimum absolute atomic E-state index is 0.0195. The Hall–Kier alpha value is -2.28. The van der Waals surface area contributed by atoms with Gasteiger partial charge in [0.1, 0.15) is 0 Å². The van der Waals surface area contributed by atoms with Crippen molar-refractivity contribution < 1.29 is 14.3 Å². The molecule has 0 unspecified atom stereocenters. The summed E-state index contributed by atoms with van der Waals surface area (Å²) in [5.41, 5.74) is 1.84. The number of aryl methyl sites for hydroxylation is 1. The third kappa shape index (κ3) is 6.27. The van der Waals surface area contributed by atoms with Crippen LogP contribution in [0.1, 0.15) is 24.8 Å². The molecule has 0 aliphatic heterocycles. The van der Waals surface area contributed by atoms with Crippen LogP contribution in [0.3, 0.4) is 0 Å². The lowest BCUT2D eigenvalue weighted by atomic mass is 10.2. The zero-order valence-corrected chi connectivity index (χ0v) is 10.9. The van der Waals surface area contributed by atoms with E-state index in [1.165, 1.54) is 0 Å². The van der Waals surface area contributed by atoms with Crippen LogP contribution in [0, 0.1) is 19.3 Å². The second kappa shape index (κ2) is 7.93. The average Bonchev–Trinajstić information content (AvgIpc) is 2.36. The number of ether oxygens (including phenoxy) is 1. The van der Waals surface area contributed by atoms with E-state index in [0.717, 1.165) is 11.3 Å². The zero-order valence-electron chi connectivity index (χ0n) is 10.9. The van der Waals surface area contributed by atoms with Crippen LogP contribution in [0.25, 0.3) is 0 Å². The Bertz CT molecular complexity index is 488. The average molecular weight is 259 g/mol. The van der Waals surface area contributed by atoms with Gasteiger partial charge in [0.05, 0.1) is 0 Å². The van der Waals surface area contributed by atoms with Gasteiger partial charge in [-0.05, 0) is 31.0 Å². The Morgan fingerprint density at radius 3 is 2.84 bits per heavy atom. The van der Waals surface area contributed by atoms with Gasteiger partial charge in [-0.3, -0.25) is 9.59 Å². The highest BCUT2D eigenvalue weighted by Crippen LogP contribution is 2.10. The molecule has 0 aromatic heterocycles. The number of benzene rings is 1. The molecule has 4 heteroatoms. The summed E-state index contributed by atoms with van der Waals surface area (Å²) in [4.78, 5) is 22.8. The summed E-state index contributed by atoms with van der Waals surface area (Å²) in [6.07, 6.45) is 5.88. The molecule has 0 saturated heterocycles. The second-order valence-electron chi connectivity index (χ2n) is 4.14. The van der Waals surface area contributed by atoms with Gasteiger partial charge in [0.2, 0.25) is 5.91 Å². The molecule has 0 spiro atoms. The standard InChI is InChI=1S/C15H17NO3/c1-3-10-19-15(18)9-5-8-14(17)16-13-7-4-6-12(2)11-13/h1,4,6-7,11H,5,8-10H2,2H3,(H,16,17). The maximum absolute atomic E-state index is 11.6. The van der Waals surface area contributed by atoms with Crippen LogP contribution >= 0.6 is 0 Å². The number of hydrogen-bond acceptors (Lipinski definition) is 3. The highest BCUT2D eigenvalue weighted by Gasteiger charge is 2.06. The lowest BCUT2D eigenvalue weighted by Crippen LogP contribution is -2.12. The molecule has 0 fully saturated rings. The summed E-state index contributed by atoms with van der Waals surface area (Å²) in [7, 11) is 0. The van der Waals surface area contributed by atoms with Crippen molar-refractivity contribution in [1.29, 1.82) is 0 Å². The van der Waals surface area contributed by atoms with E-state index in [2.05, 4.69) is 11.2 Å². The van der Waals surface area contributed by atoms with Crippen LogP contribution in [0.5, 0.6) is 0 Å². The van der Waals surface area contributed by atoms with Crippen LogP contribution < -0.4 is 5.32 Å². The van der Waals surface area contributed by atoms with Crippen molar-refractivity contribution in [2.75, 3.05) is 11.9 Å². The molecule has 0 aliphatic rings. The number of carbonyl (C=O) groups is 2. The molecule has 100 valence electrons. The van der Waals surface area contributed by atoms with E-state index in [4.69, 9.17) is 11.2 Å². The molecule has 4 nitrogen and oxygen atoms in total. The molecule has 0 aliphatic carbocycles. The number of amides is 1. The topological polar surface area (TPSA) is 55.4 Å². The van der Waals surface area contributed by atoms with E-state index >= 15 is 0 Å². The molecule has 0 heterocycles. The minimum Gasteiger partial charge on any atom is -0.452 e. The van der Waals surface area contributed by atoms with Crippen molar-refractivity contribution in [3.8, 4) is 12.3 Å². The quantitative estimate of drug-likeness (QED) is 0.630. The lowest BCUT2D eigenvalue weighted by Gasteiger charge is -2.05. The molecule has 0 saturated carbocycles. The molecule has 0 bridgehead atoms. The fourth-order valence-corrected chi connectivity index (χ4v) is 1.53. The summed E-state index contributed by atoms with van der Waals surface area (Å²) >= 11 is 0. The van der Waals surface area contributed by atoms with Gasteiger partial charge in [-0.2, -0.15) is 0 Å². The molecular formula is C15H17NO3. The SMILES string of the molecule is C#CCOC(=O)CCCC(=O)Nc1cccc(C)c1. The van der Waals surface area contributed by atoms with E-state index < -0.39 is 0 Å². The van der Waals surface area contributed by atoms with Gasteiger partial charge in [0.25, 0.3) is 0 Å². The molecule has 0 atom stereocenters. The Labute approximate surface area is 113 Å². The third-order valence-corrected chi connectivity index (χ3v) is 2.40. The second-order valence-corrected chi connectivity index (χ2v) is 4.14. The van der Waals surface area contributed by atoms with Crippen LogP contribution in [-0.2, 0) is 14.3 Å². The van der Waals surface area contributed by atoms with Crippen molar-refractivity contribution in [2.45, 2.75) is 26.2 Å². The first-order chi connectivity index (χ1) is 9.11. The van der Waals surface area contributed by atoms with E-state index in [9.17, 15) is 9.59 Å². The van der Waals surface area contributed by atoms with Gasteiger partial charge in [0.15, 0.2) is 6.61 Å². The first-order valence-corrected chi connectivity index (χ1v) is 6.07. The van der Waals surface area contributed by atoms with Gasteiger partial charge >= 0.3 is 5.97 Å². The summed E-state index contributed by atoms with van der Waals surface area (Å²) in [5.74, 6) is 1.72. The molecular weight excluding hydrogens is 242 g/mol. The molecule has 1 rings (SSSR count). The largest absolute Gasteiger partial charge is 0.452 e.